The fourth-order valence-corrected chi connectivity index (χ4v) is 0.926. The van der Waals surface area contributed by atoms with E-state index in [1.807, 2.05) is 13.8 Å². The van der Waals surface area contributed by atoms with Gasteiger partial charge in [0.1, 0.15) is 0 Å². The maximum atomic E-state index is 10.3. The molecule has 23 heavy (non-hydrogen) atoms. The quantitative estimate of drug-likeness (QED) is 0.385. The molecule has 0 saturated carbocycles. The van der Waals surface area contributed by atoms with E-state index in [2.05, 4.69) is 5.32 Å². The van der Waals surface area contributed by atoms with E-state index in [4.69, 9.17) is 15.3 Å². The van der Waals surface area contributed by atoms with Gasteiger partial charge in [-0.25, -0.2) is 4.79 Å². The summed E-state index contributed by atoms with van der Waals surface area (Å²) in [6.07, 6.45) is -2.44. The summed E-state index contributed by atoms with van der Waals surface area (Å²) in [7, 11) is 0. The smallest absolute Gasteiger partial charge is 1.00 e. The van der Waals surface area contributed by atoms with Crippen molar-refractivity contribution in [2.45, 2.75) is 32.3 Å². The number of carboxylic acid groups (broad SMARTS) is 3. The number of carbonyl (C=O) groups is 3. The standard InChI is InChI=1S/C6H8O7.C4H10N.ClH.3Li.H2O/c7-3(8)1-6(13,5(11)12)2-4(9)10;1-3-5-4-2;;;;;/h13H,1-2H2,(H,7,8)(H,9,10)(H,11,12);3-4H2,1-2H3;1H;;;;1H2/q;-1;;3*+1;/p-2. The molecule has 1 unspecified atom stereocenters. The summed E-state index contributed by atoms with van der Waals surface area (Å²) in [6, 6.07) is 0. The number of rotatable bonds is 7. The van der Waals surface area contributed by atoms with E-state index < -0.39 is 36.4 Å². The minimum absolute atomic E-state index is 0. The van der Waals surface area contributed by atoms with Gasteiger partial charge in [-0.3, -0.25) is 4.79 Å². The molecule has 0 aliphatic rings. The Labute approximate surface area is 177 Å². The normalized spacial score (nSPS) is 10.0. The number of aliphatic carboxylic acids is 3. The molecule has 0 heterocycles. The van der Waals surface area contributed by atoms with E-state index in [1.165, 1.54) is 0 Å². The molecule has 5 N–H and O–H groups in total. The fraction of sp³-hybridized carbons (Fsp3) is 0.700. The third-order valence-corrected chi connectivity index (χ3v) is 1.73. The van der Waals surface area contributed by atoms with Crippen molar-refractivity contribution in [3.05, 3.63) is 5.32 Å². The van der Waals surface area contributed by atoms with Crippen LogP contribution in [0.4, 0.5) is 0 Å². The summed E-state index contributed by atoms with van der Waals surface area (Å²) in [5.41, 5.74) is -2.80. The van der Waals surface area contributed by atoms with Gasteiger partial charge >= 0.3 is 68.5 Å². The fourth-order valence-electron chi connectivity index (χ4n) is 0.926. The van der Waals surface area contributed by atoms with Gasteiger partial charge in [-0.05, 0) is 0 Å². The topological polar surface area (TPSA) is 181 Å². The first-order valence-corrected chi connectivity index (χ1v) is 5.20. The Bertz CT molecular complexity index is 292. The van der Waals surface area contributed by atoms with Crippen LogP contribution in [-0.4, -0.2) is 57.4 Å². The third-order valence-electron chi connectivity index (χ3n) is 1.73. The summed E-state index contributed by atoms with van der Waals surface area (Å²) in [5.74, 6) is -5.34. The number of hydrogen-bond acceptors (Lipinski definition) is 5. The van der Waals surface area contributed by atoms with E-state index in [9.17, 15) is 19.5 Å². The van der Waals surface area contributed by atoms with Crippen molar-refractivity contribution in [2.75, 3.05) is 13.1 Å². The number of carbonyl (C=O) groups excluding carboxylic acids is 1. The zero-order chi connectivity index (χ0) is 14.8. The summed E-state index contributed by atoms with van der Waals surface area (Å²) < 4.78 is 0. The molecular formula is C10H19ClLi3NO8. The third kappa shape index (κ3) is 27.5. The molecule has 0 bridgehead atoms. The SMILES string of the molecule is CC[N-]CC.O.O=C([O-])CC(O)(CC(=O)O)C(=O)O.[Cl-].[Li+].[Li+].[Li+]. The van der Waals surface area contributed by atoms with Crippen LogP contribution in [-0.2, 0) is 14.4 Å². The van der Waals surface area contributed by atoms with Crippen LogP contribution in [0.25, 0.3) is 5.32 Å². The van der Waals surface area contributed by atoms with Crippen molar-refractivity contribution in [1.82, 2.24) is 0 Å². The van der Waals surface area contributed by atoms with Gasteiger partial charge in [0.05, 0.1) is 6.42 Å². The number of hydrogen-bond donors (Lipinski definition) is 3. The van der Waals surface area contributed by atoms with Crippen LogP contribution in [0.5, 0.6) is 0 Å². The maximum Gasteiger partial charge on any atom is 1.00 e. The van der Waals surface area contributed by atoms with Gasteiger partial charge in [-0.1, -0.05) is 13.8 Å². The average Bonchev–Trinajstić information content (AvgIpc) is 2.16. The first-order chi connectivity index (χ1) is 8.19. The summed E-state index contributed by atoms with van der Waals surface area (Å²) in [5, 5.41) is 39.5. The molecule has 0 aliphatic heterocycles. The maximum absolute atomic E-state index is 10.3. The van der Waals surface area contributed by atoms with Gasteiger partial charge in [-0.15, -0.1) is 0 Å². The zero-order valence-electron chi connectivity index (χ0n) is 14.1. The van der Waals surface area contributed by atoms with E-state index in [-0.39, 0.29) is 74.5 Å². The molecule has 9 nitrogen and oxygen atoms in total. The van der Waals surface area contributed by atoms with Crippen molar-refractivity contribution < 1.29 is 109 Å². The largest absolute Gasteiger partial charge is 1.00 e. The average molecular weight is 338 g/mol. The molecule has 0 spiro atoms. The van der Waals surface area contributed by atoms with Crippen LogP contribution in [0.2, 0.25) is 0 Å². The second kappa shape index (κ2) is 24.6. The second-order valence-electron chi connectivity index (χ2n) is 3.31. The van der Waals surface area contributed by atoms with Crippen LogP contribution in [0.15, 0.2) is 0 Å². The predicted molar refractivity (Wildman–Crippen MR) is 62.5 cm³/mol. The molecule has 0 aromatic carbocycles. The monoisotopic (exact) mass is 337 g/mol. The van der Waals surface area contributed by atoms with Gasteiger partial charge < -0.3 is 48.4 Å². The van der Waals surface area contributed by atoms with E-state index in [0.29, 0.717) is 0 Å². The number of nitrogens with zero attached hydrogens (tertiary/aromatic N) is 1. The molecule has 0 aliphatic carbocycles. The molecule has 13 heteroatoms. The van der Waals surface area contributed by atoms with Crippen LogP contribution < -0.4 is 74.1 Å². The molecule has 1 atom stereocenters. The van der Waals surface area contributed by atoms with E-state index in [0.717, 1.165) is 13.1 Å². The van der Waals surface area contributed by atoms with Crippen LogP contribution >= 0.6 is 0 Å². The Morgan fingerprint density at radius 3 is 1.48 bits per heavy atom. The van der Waals surface area contributed by atoms with Gasteiger partial charge in [0.15, 0.2) is 5.60 Å². The second-order valence-corrected chi connectivity index (χ2v) is 3.31. The molecule has 122 valence electrons. The molecule has 0 aromatic heterocycles. The van der Waals surface area contributed by atoms with Gasteiger partial charge in [-0.2, -0.15) is 13.1 Å². The molecule has 0 aromatic rings. The first-order valence-electron chi connectivity index (χ1n) is 5.20. The van der Waals surface area contributed by atoms with Crippen LogP contribution in [0, 0.1) is 0 Å². The molecular weight excluding hydrogens is 318 g/mol. The minimum Gasteiger partial charge on any atom is -1.00 e. The number of aliphatic hydroxyl groups is 1. The Kier molecular flexibility index (Phi) is 46.7. The summed E-state index contributed by atoms with van der Waals surface area (Å²) >= 11 is 0. The van der Waals surface area contributed by atoms with Gasteiger partial charge in [0.2, 0.25) is 0 Å². The van der Waals surface area contributed by atoms with E-state index in [1.54, 1.807) is 0 Å². The molecule has 0 saturated heterocycles. The van der Waals surface area contributed by atoms with Crippen molar-refractivity contribution >= 4 is 17.9 Å². The van der Waals surface area contributed by atoms with Crippen molar-refractivity contribution in [3.63, 3.8) is 0 Å². The summed E-state index contributed by atoms with van der Waals surface area (Å²) in [6.45, 7) is 6.03. The molecule has 0 fully saturated rings. The van der Waals surface area contributed by atoms with Gasteiger partial charge in [0, 0.05) is 12.4 Å². The molecule has 0 rings (SSSR count). The Morgan fingerprint density at radius 2 is 1.35 bits per heavy atom. The Morgan fingerprint density at radius 1 is 1.00 bits per heavy atom. The zero-order valence-corrected chi connectivity index (χ0v) is 14.9. The van der Waals surface area contributed by atoms with Crippen molar-refractivity contribution in [2.24, 2.45) is 0 Å². The predicted octanol–water partition coefficient (Wildman–Crippen LogP) is -14.0. The van der Waals surface area contributed by atoms with Crippen molar-refractivity contribution in [1.29, 1.82) is 0 Å². The molecule has 0 radical (unpaired) electrons. The first kappa shape index (κ1) is 43.6. The van der Waals surface area contributed by atoms with E-state index >= 15 is 0 Å². The summed E-state index contributed by atoms with van der Waals surface area (Å²) in [4.78, 5) is 30.3. The Balaban J connectivity index is -0.0000000455. The van der Waals surface area contributed by atoms with Gasteiger partial charge in [0.25, 0.3) is 0 Å². The van der Waals surface area contributed by atoms with Crippen LogP contribution in [0.1, 0.15) is 26.7 Å². The number of halogens is 1. The number of carboxylic acids is 3. The van der Waals surface area contributed by atoms with Crippen molar-refractivity contribution in [3.8, 4) is 0 Å². The molecule has 0 amide bonds. The Hall–Kier alpha value is 0.372. The van der Waals surface area contributed by atoms with Crippen LogP contribution in [0.3, 0.4) is 0 Å². The minimum atomic E-state index is -2.80.